The monoisotopic (exact) mass is 342 g/mol. The summed E-state index contributed by atoms with van der Waals surface area (Å²) in [5.41, 5.74) is 1.00. The standard InChI is InChI=1S/C13H6BrClF2N2/c14-6-1-2-8(15)7(5-6)13-18-10-4-3-9(16)11(17)12(10)19-13/h1-5H,(H,18,19). The molecule has 2 nitrogen and oxygen atoms in total. The first-order chi connectivity index (χ1) is 9.06. The second-order valence-corrected chi connectivity index (χ2v) is 5.29. The van der Waals surface area contributed by atoms with Crippen molar-refractivity contribution >= 4 is 38.6 Å². The van der Waals surface area contributed by atoms with E-state index in [9.17, 15) is 8.78 Å². The molecule has 0 saturated heterocycles. The van der Waals surface area contributed by atoms with Crippen molar-refractivity contribution in [1.29, 1.82) is 0 Å². The maximum Gasteiger partial charge on any atom is 0.186 e. The van der Waals surface area contributed by atoms with Crippen molar-refractivity contribution in [3.8, 4) is 11.4 Å². The van der Waals surface area contributed by atoms with Crippen LogP contribution in [0.5, 0.6) is 0 Å². The summed E-state index contributed by atoms with van der Waals surface area (Å²) in [7, 11) is 0. The van der Waals surface area contributed by atoms with Crippen molar-refractivity contribution in [3.63, 3.8) is 0 Å². The van der Waals surface area contributed by atoms with Crippen LogP contribution in [0.1, 0.15) is 0 Å². The first-order valence-electron chi connectivity index (χ1n) is 5.35. The normalized spacial score (nSPS) is 11.2. The Morgan fingerprint density at radius 2 is 1.95 bits per heavy atom. The van der Waals surface area contributed by atoms with Crippen molar-refractivity contribution in [3.05, 3.63) is 51.5 Å². The lowest BCUT2D eigenvalue weighted by atomic mass is 10.2. The van der Waals surface area contributed by atoms with Crippen molar-refractivity contribution in [2.75, 3.05) is 0 Å². The van der Waals surface area contributed by atoms with Crippen molar-refractivity contribution in [2.45, 2.75) is 0 Å². The lowest BCUT2D eigenvalue weighted by molar-refractivity contribution is 0.515. The van der Waals surface area contributed by atoms with E-state index >= 15 is 0 Å². The van der Waals surface area contributed by atoms with Crippen LogP contribution in [0.4, 0.5) is 8.78 Å². The first kappa shape index (κ1) is 12.6. The van der Waals surface area contributed by atoms with Gasteiger partial charge in [0.15, 0.2) is 11.6 Å². The molecular weight excluding hydrogens is 338 g/mol. The molecule has 19 heavy (non-hydrogen) atoms. The van der Waals surface area contributed by atoms with Gasteiger partial charge in [0.1, 0.15) is 11.3 Å². The summed E-state index contributed by atoms with van der Waals surface area (Å²) in [6, 6.07) is 7.74. The van der Waals surface area contributed by atoms with Gasteiger partial charge in [-0.15, -0.1) is 0 Å². The zero-order valence-electron chi connectivity index (χ0n) is 9.35. The minimum atomic E-state index is -0.967. The van der Waals surface area contributed by atoms with Crippen LogP contribution in [0.25, 0.3) is 22.4 Å². The molecule has 1 heterocycles. The fourth-order valence-electron chi connectivity index (χ4n) is 1.82. The van der Waals surface area contributed by atoms with Crippen molar-refractivity contribution in [1.82, 2.24) is 9.97 Å². The molecule has 2 aromatic carbocycles. The average molecular weight is 344 g/mol. The number of imidazole rings is 1. The van der Waals surface area contributed by atoms with E-state index in [0.717, 1.165) is 10.5 Å². The minimum absolute atomic E-state index is 0.0361. The zero-order valence-corrected chi connectivity index (χ0v) is 11.7. The van der Waals surface area contributed by atoms with Gasteiger partial charge in [0.05, 0.1) is 10.5 Å². The lowest BCUT2D eigenvalue weighted by Gasteiger charge is -2.00. The summed E-state index contributed by atoms with van der Waals surface area (Å²) < 4.78 is 27.6. The number of hydrogen-bond donors (Lipinski definition) is 1. The van der Waals surface area contributed by atoms with E-state index in [2.05, 4.69) is 25.9 Å². The molecule has 96 valence electrons. The van der Waals surface area contributed by atoms with Gasteiger partial charge in [-0.25, -0.2) is 13.8 Å². The van der Waals surface area contributed by atoms with Crippen molar-refractivity contribution < 1.29 is 8.78 Å². The number of H-pyrrole nitrogens is 1. The summed E-state index contributed by atoms with van der Waals surface area (Å²) in [6.45, 7) is 0. The molecule has 3 rings (SSSR count). The Morgan fingerprint density at radius 1 is 1.16 bits per heavy atom. The highest BCUT2D eigenvalue weighted by Crippen LogP contribution is 2.31. The Bertz CT molecular complexity index is 786. The van der Waals surface area contributed by atoms with Crippen LogP contribution >= 0.6 is 27.5 Å². The molecule has 0 spiro atoms. The van der Waals surface area contributed by atoms with Gasteiger partial charge >= 0.3 is 0 Å². The number of benzene rings is 2. The number of hydrogen-bond acceptors (Lipinski definition) is 1. The number of rotatable bonds is 1. The number of nitrogens with one attached hydrogen (secondary N) is 1. The Morgan fingerprint density at radius 3 is 2.74 bits per heavy atom. The molecule has 0 radical (unpaired) electrons. The molecule has 0 amide bonds. The van der Waals surface area contributed by atoms with E-state index in [1.54, 1.807) is 18.2 Å². The largest absolute Gasteiger partial charge is 0.338 e. The molecular formula is C13H6BrClF2N2. The van der Waals surface area contributed by atoms with E-state index < -0.39 is 11.6 Å². The maximum absolute atomic E-state index is 13.6. The van der Waals surface area contributed by atoms with E-state index in [0.29, 0.717) is 21.9 Å². The highest BCUT2D eigenvalue weighted by molar-refractivity contribution is 9.10. The fourth-order valence-corrected chi connectivity index (χ4v) is 2.39. The van der Waals surface area contributed by atoms with Crippen LogP contribution < -0.4 is 0 Å². The SMILES string of the molecule is Fc1ccc2[nH]c(-c3cc(Br)ccc3Cl)nc2c1F. The van der Waals surface area contributed by atoms with Gasteiger partial charge in [-0.2, -0.15) is 0 Å². The highest BCUT2D eigenvalue weighted by Gasteiger charge is 2.14. The molecule has 3 aromatic rings. The lowest BCUT2D eigenvalue weighted by Crippen LogP contribution is -1.84. The fraction of sp³-hybridized carbons (Fsp3) is 0. The summed E-state index contributed by atoms with van der Waals surface area (Å²) in [6.07, 6.45) is 0. The van der Waals surface area contributed by atoms with E-state index in [1.807, 2.05) is 0 Å². The second kappa shape index (κ2) is 4.58. The number of halogens is 4. The van der Waals surface area contributed by atoms with Gasteiger partial charge in [0.2, 0.25) is 0 Å². The van der Waals surface area contributed by atoms with Gasteiger partial charge in [-0.1, -0.05) is 27.5 Å². The van der Waals surface area contributed by atoms with Crippen LogP contribution in [-0.2, 0) is 0 Å². The molecule has 6 heteroatoms. The minimum Gasteiger partial charge on any atom is -0.338 e. The Hall–Kier alpha value is -1.46. The van der Waals surface area contributed by atoms with Crippen LogP contribution in [0, 0.1) is 11.6 Å². The summed E-state index contributed by atoms with van der Waals surface area (Å²) in [4.78, 5) is 6.99. The summed E-state index contributed by atoms with van der Waals surface area (Å²) in [5, 5.41) is 0.475. The molecule has 0 aliphatic rings. The van der Waals surface area contributed by atoms with Gasteiger partial charge in [-0.3, -0.25) is 0 Å². The molecule has 1 aromatic heterocycles. The number of nitrogens with zero attached hydrogens (tertiary/aromatic N) is 1. The summed E-state index contributed by atoms with van der Waals surface area (Å²) in [5.74, 6) is -1.50. The first-order valence-corrected chi connectivity index (χ1v) is 6.52. The Kier molecular flexibility index (Phi) is 3.03. The molecule has 0 fully saturated rings. The van der Waals surface area contributed by atoms with Gasteiger partial charge in [0.25, 0.3) is 0 Å². The smallest absolute Gasteiger partial charge is 0.186 e. The van der Waals surface area contributed by atoms with E-state index in [4.69, 9.17) is 11.6 Å². The average Bonchev–Trinajstić information content (AvgIpc) is 2.81. The number of fused-ring (bicyclic) bond motifs is 1. The van der Waals surface area contributed by atoms with Gasteiger partial charge in [-0.05, 0) is 30.3 Å². The van der Waals surface area contributed by atoms with Crippen LogP contribution in [0.3, 0.4) is 0 Å². The zero-order chi connectivity index (χ0) is 13.6. The van der Waals surface area contributed by atoms with Crippen LogP contribution in [0.2, 0.25) is 5.02 Å². The quantitative estimate of drug-likeness (QED) is 0.667. The predicted octanol–water partition coefficient (Wildman–Crippen LogP) is 4.92. The second-order valence-electron chi connectivity index (χ2n) is 3.97. The molecule has 0 aliphatic heterocycles. The topological polar surface area (TPSA) is 28.7 Å². The maximum atomic E-state index is 13.6. The Balaban J connectivity index is 2.26. The molecule has 0 aliphatic carbocycles. The summed E-state index contributed by atoms with van der Waals surface area (Å²) >= 11 is 9.41. The molecule has 0 bridgehead atoms. The number of aromatic nitrogens is 2. The van der Waals surface area contributed by atoms with E-state index in [1.165, 1.54) is 6.07 Å². The third-order valence-corrected chi connectivity index (χ3v) is 3.55. The van der Waals surface area contributed by atoms with Gasteiger partial charge < -0.3 is 4.98 Å². The van der Waals surface area contributed by atoms with Crippen LogP contribution in [0.15, 0.2) is 34.8 Å². The highest BCUT2D eigenvalue weighted by atomic mass is 79.9. The predicted molar refractivity (Wildman–Crippen MR) is 74.2 cm³/mol. The third-order valence-electron chi connectivity index (χ3n) is 2.73. The van der Waals surface area contributed by atoms with Gasteiger partial charge in [0, 0.05) is 10.0 Å². The van der Waals surface area contributed by atoms with Crippen LogP contribution in [-0.4, -0.2) is 9.97 Å². The number of aromatic amines is 1. The molecule has 0 unspecified atom stereocenters. The third kappa shape index (κ3) is 2.13. The molecule has 0 saturated carbocycles. The molecule has 0 atom stereocenters. The van der Waals surface area contributed by atoms with E-state index in [-0.39, 0.29) is 5.52 Å². The Labute approximate surface area is 120 Å². The van der Waals surface area contributed by atoms with Crippen molar-refractivity contribution in [2.24, 2.45) is 0 Å². The molecule has 1 N–H and O–H groups in total.